The molecule has 3 rings (SSSR count). The van der Waals surface area contributed by atoms with Crippen LogP contribution in [-0.4, -0.2) is 13.1 Å². The molecule has 0 aromatic heterocycles. The third-order valence-corrected chi connectivity index (χ3v) is 4.14. The maximum Gasteiger partial charge on any atom is 0.339 e. The van der Waals surface area contributed by atoms with Crippen molar-refractivity contribution in [1.82, 2.24) is 0 Å². The molecule has 0 amide bonds. The molecule has 0 fully saturated rings. The van der Waals surface area contributed by atoms with E-state index < -0.39 is 5.97 Å². The molecule has 108 valence electrons. The number of rotatable bonds is 2. The number of carbonyl (C=O) groups is 1. The van der Waals surface area contributed by atoms with Crippen LogP contribution in [0.5, 0.6) is 0 Å². The summed E-state index contributed by atoms with van der Waals surface area (Å²) >= 11 is 0. The van der Waals surface area contributed by atoms with Crippen LogP contribution in [0.1, 0.15) is 34.3 Å². The van der Waals surface area contributed by atoms with E-state index in [1.807, 2.05) is 12.1 Å². The summed E-state index contributed by atoms with van der Waals surface area (Å²) in [5, 5.41) is 0. The first-order valence-corrected chi connectivity index (χ1v) is 7.29. The van der Waals surface area contributed by atoms with E-state index in [2.05, 4.69) is 18.2 Å². The van der Waals surface area contributed by atoms with Crippen molar-refractivity contribution in [3.8, 4) is 11.1 Å². The molecule has 0 aliphatic heterocycles. The van der Waals surface area contributed by atoms with Gasteiger partial charge in [-0.05, 0) is 60.1 Å². The van der Waals surface area contributed by atoms with Crippen LogP contribution in [-0.2, 0) is 17.6 Å². The lowest BCUT2D eigenvalue weighted by molar-refractivity contribution is 0.0602. The van der Waals surface area contributed by atoms with Crippen molar-refractivity contribution >= 4 is 11.7 Å². The molecule has 2 aromatic carbocycles. The molecule has 0 saturated carbocycles. The second-order valence-corrected chi connectivity index (χ2v) is 5.48. The first-order chi connectivity index (χ1) is 10.2. The van der Waals surface area contributed by atoms with Crippen LogP contribution in [0.15, 0.2) is 36.4 Å². The Kier molecular flexibility index (Phi) is 3.65. The lowest BCUT2D eigenvalue weighted by Crippen LogP contribution is -2.06. The number of ether oxygens (including phenoxy) is 1. The average Bonchev–Trinajstić information content (AvgIpc) is 2.54. The predicted molar refractivity (Wildman–Crippen MR) is 84.3 cm³/mol. The summed E-state index contributed by atoms with van der Waals surface area (Å²) in [5.41, 5.74) is 11.7. The Labute approximate surface area is 124 Å². The second-order valence-electron chi connectivity index (χ2n) is 5.48. The summed E-state index contributed by atoms with van der Waals surface area (Å²) in [6.45, 7) is 0. The van der Waals surface area contributed by atoms with Gasteiger partial charge in [0.1, 0.15) is 0 Å². The van der Waals surface area contributed by atoms with E-state index in [0.29, 0.717) is 11.3 Å². The van der Waals surface area contributed by atoms with Crippen molar-refractivity contribution in [2.24, 2.45) is 0 Å². The molecular formula is C18H19NO2. The lowest BCUT2D eigenvalue weighted by atomic mass is 9.89. The van der Waals surface area contributed by atoms with E-state index in [1.165, 1.54) is 37.5 Å². The number of nitrogen functional groups attached to an aromatic ring is 1. The standard InChI is InChI=1S/C18H19NO2/c1-21-18(20)16-11-15(8-9-17(16)19)14-7-6-12-4-2-3-5-13(12)10-14/h6-11H,2-5,19H2,1H3. The first-order valence-electron chi connectivity index (χ1n) is 7.29. The SMILES string of the molecule is COC(=O)c1cc(-c2ccc3c(c2)CCCC3)ccc1N. The monoisotopic (exact) mass is 281 g/mol. The van der Waals surface area contributed by atoms with Gasteiger partial charge < -0.3 is 10.5 Å². The molecule has 0 bridgehead atoms. The van der Waals surface area contributed by atoms with E-state index in [1.54, 1.807) is 6.07 Å². The Morgan fingerprint density at radius 3 is 2.43 bits per heavy atom. The molecule has 0 atom stereocenters. The minimum atomic E-state index is -0.396. The molecule has 0 heterocycles. The quantitative estimate of drug-likeness (QED) is 0.676. The van der Waals surface area contributed by atoms with Crippen molar-refractivity contribution in [2.45, 2.75) is 25.7 Å². The van der Waals surface area contributed by atoms with E-state index in [-0.39, 0.29) is 0 Å². The Morgan fingerprint density at radius 2 is 1.67 bits per heavy atom. The molecule has 2 aromatic rings. The van der Waals surface area contributed by atoms with Gasteiger partial charge in [-0.1, -0.05) is 24.3 Å². The molecule has 0 radical (unpaired) electrons. The van der Waals surface area contributed by atoms with Gasteiger partial charge in [0.05, 0.1) is 12.7 Å². The predicted octanol–water partition coefficient (Wildman–Crippen LogP) is 3.60. The average molecular weight is 281 g/mol. The molecule has 1 aliphatic rings. The number of fused-ring (bicyclic) bond motifs is 1. The Balaban J connectivity index is 2.02. The first kappa shape index (κ1) is 13.7. The summed E-state index contributed by atoms with van der Waals surface area (Å²) in [7, 11) is 1.37. The summed E-state index contributed by atoms with van der Waals surface area (Å²) in [4.78, 5) is 11.7. The fourth-order valence-corrected chi connectivity index (χ4v) is 2.94. The number of benzene rings is 2. The van der Waals surface area contributed by atoms with Crippen molar-refractivity contribution in [3.05, 3.63) is 53.1 Å². The highest BCUT2D eigenvalue weighted by Crippen LogP contribution is 2.29. The van der Waals surface area contributed by atoms with Gasteiger partial charge in [-0.15, -0.1) is 0 Å². The largest absolute Gasteiger partial charge is 0.465 e. The van der Waals surface area contributed by atoms with Crippen LogP contribution in [0.3, 0.4) is 0 Å². The maximum absolute atomic E-state index is 11.7. The smallest absolute Gasteiger partial charge is 0.339 e. The minimum Gasteiger partial charge on any atom is -0.465 e. The van der Waals surface area contributed by atoms with Gasteiger partial charge in [-0.25, -0.2) is 4.79 Å². The highest BCUT2D eigenvalue weighted by Gasteiger charge is 2.13. The van der Waals surface area contributed by atoms with Gasteiger partial charge in [0.15, 0.2) is 0 Å². The lowest BCUT2D eigenvalue weighted by Gasteiger charge is -2.17. The molecular weight excluding hydrogens is 262 g/mol. The highest BCUT2D eigenvalue weighted by molar-refractivity contribution is 5.96. The number of nitrogens with two attached hydrogens (primary N) is 1. The number of carbonyl (C=O) groups excluding carboxylic acids is 1. The minimum absolute atomic E-state index is 0.396. The molecule has 0 unspecified atom stereocenters. The van der Waals surface area contributed by atoms with Crippen molar-refractivity contribution in [3.63, 3.8) is 0 Å². The van der Waals surface area contributed by atoms with E-state index in [4.69, 9.17) is 10.5 Å². The van der Waals surface area contributed by atoms with Gasteiger partial charge in [0.2, 0.25) is 0 Å². The molecule has 0 saturated heterocycles. The topological polar surface area (TPSA) is 52.3 Å². The van der Waals surface area contributed by atoms with Crippen molar-refractivity contribution in [2.75, 3.05) is 12.8 Å². The number of esters is 1. The molecule has 1 aliphatic carbocycles. The molecule has 3 heteroatoms. The molecule has 21 heavy (non-hydrogen) atoms. The number of anilines is 1. The summed E-state index contributed by atoms with van der Waals surface area (Å²) < 4.78 is 4.78. The van der Waals surface area contributed by atoms with E-state index in [9.17, 15) is 4.79 Å². The van der Waals surface area contributed by atoms with E-state index >= 15 is 0 Å². The van der Waals surface area contributed by atoms with Crippen molar-refractivity contribution < 1.29 is 9.53 Å². The molecule has 2 N–H and O–H groups in total. The maximum atomic E-state index is 11.7. The summed E-state index contributed by atoms with van der Waals surface area (Å²) in [6, 6.07) is 12.1. The fourth-order valence-electron chi connectivity index (χ4n) is 2.94. The highest BCUT2D eigenvalue weighted by atomic mass is 16.5. The van der Waals surface area contributed by atoms with Crippen LogP contribution in [0.25, 0.3) is 11.1 Å². The van der Waals surface area contributed by atoms with Crippen molar-refractivity contribution in [1.29, 1.82) is 0 Å². The van der Waals surface area contributed by atoms with Gasteiger partial charge in [-0.3, -0.25) is 0 Å². The van der Waals surface area contributed by atoms with Gasteiger partial charge in [0, 0.05) is 5.69 Å². The van der Waals surface area contributed by atoms with Crippen LogP contribution >= 0.6 is 0 Å². The third kappa shape index (κ3) is 2.64. The number of hydrogen-bond acceptors (Lipinski definition) is 3. The number of aryl methyl sites for hydroxylation is 2. The zero-order valence-electron chi connectivity index (χ0n) is 12.2. The third-order valence-electron chi connectivity index (χ3n) is 4.14. The zero-order valence-corrected chi connectivity index (χ0v) is 12.2. The fraction of sp³-hybridized carbons (Fsp3) is 0.278. The molecule has 3 nitrogen and oxygen atoms in total. The van der Waals surface area contributed by atoms with Gasteiger partial charge >= 0.3 is 5.97 Å². The van der Waals surface area contributed by atoms with Crippen LogP contribution in [0, 0.1) is 0 Å². The number of methoxy groups -OCH3 is 1. The Morgan fingerprint density at radius 1 is 1.00 bits per heavy atom. The van der Waals surface area contributed by atoms with E-state index in [0.717, 1.165) is 17.5 Å². The van der Waals surface area contributed by atoms with Crippen LogP contribution < -0.4 is 5.73 Å². The molecule has 0 spiro atoms. The van der Waals surface area contributed by atoms with Gasteiger partial charge in [-0.2, -0.15) is 0 Å². The van der Waals surface area contributed by atoms with Gasteiger partial charge in [0.25, 0.3) is 0 Å². The Hall–Kier alpha value is -2.29. The van der Waals surface area contributed by atoms with Crippen LogP contribution in [0.4, 0.5) is 5.69 Å². The zero-order chi connectivity index (χ0) is 14.8. The summed E-state index contributed by atoms with van der Waals surface area (Å²) in [6.07, 6.45) is 4.85. The second kappa shape index (κ2) is 5.60. The van der Waals surface area contributed by atoms with Crippen LogP contribution in [0.2, 0.25) is 0 Å². The Bertz CT molecular complexity index is 692. The summed E-state index contributed by atoms with van der Waals surface area (Å²) in [5.74, 6) is -0.396. The number of hydrogen-bond donors (Lipinski definition) is 1. The normalized spacial score (nSPS) is 13.6.